The predicted octanol–water partition coefficient (Wildman–Crippen LogP) is 3.13. The van der Waals surface area contributed by atoms with Crippen LogP contribution in [0.25, 0.3) is 5.65 Å². The van der Waals surface area contributed by atoms with Gasteiger partial charge >= 0.3 is 0 Å². The molecule has 0 bridgehead atoms. The molecule has 1 aliphatic rings. The van der Waals surface area contributed by atoms with Crippen LogP contribution < -0.4 is 10.9 Å². The van der Waals surface area contributed by atoms with Gasteiger partial charge in [0, 0.05) is 41.5 Å². The Balaban J connectivity index is 1.65. The van der Waals surface area contributed by atoms with Crippen LogP contribution >= 0.6 is 11.6 Å². The Kier molecular flexibility index (Phi) is 4.95. The molecule has 28 heavy (non-hydrogen) atoms. The summed E-state index contributed by atoms with van der Waals surface area (Å²) in [6, 6.07) is 8.88. The Hall–Kier alpha value is -2.64. The summed E-state index contributed by atoms with van der Waals surface area (Å²) in [6.07, 6.45) is 2.46. The van der Waals surface area contributed by atoms with Crippen molar-refractivity contribution in [1.29, 1.82) is 0 Å². The smallest absolute Gasteiger partial charge is 0.272 e. The average molecular weight is 400 g/mol. The highest BCUT2D eigenvalue weighted by Crippen LogP contribution is 2.27. The summed E-state index contributed by atoms with van der Waals surface area (Å²) < 4.78 is 1.30. The molecule has 0 aliphatic carbocycles. The first-order valence-corrected chi connectivity index (χ1v) is 9.72. The first-order valence-electron chi connectivity index (χ1n) is 9.34. The van der Waals surface area contributed by atoms with Gasteiger partial charge in [0.25, 0.3) is 11.5 Å². The molecule has 1 fully saturated rings. The molecule has 3 aromatic rings. The number of hydrogen-bond acceptors (Lipinski definition) is 4. The standard InChI is InChI=1S/C20H22ClN5O2/c1-12(2)25-8-7-13(11-25)17-9-18(27)26-19(24-17)16(10-22-26)20(28)23-15-5-3-14(21)4-6-15/h3-6,9-10,12-13,22H,7-8,11H2,1-2H3,(H,23,28)/t13-/m1/s1. The fraction of sp³-hybridized carbons (Fsp3) is 0.350. The van der Waals surface area contributed by atoms with Crippen LogP contribution in [0.5, 0.6) is 0 Å². The van der Waals surface area contributed by atoms with Crippen LogP contribution in [-0.2, 0) is 0 Å². The van der Waals surface area contributed by atoms with E-state index in [1.807, 2.05) is 0 Å². The molecule has 1 amide bonds. The molecule has 3 heterocycles. The number of rotatable bonds is 4. The highest BCUT2D eigenvalue weighted by molar-refractivity contribution is 6.30. The van der Waals surface area contributed by atoms with Crippen LogP contribution in [0.3, 0.4) is 0 Å². The van der Waals surface area contributed by atoms with Gasteiger partial charge in [-0.05, 0) is 51.1 Å². The number of aromatic amines is 1. The number of nitrogens with one attached hydrogen (secondary N) is 2. The third-order valence-electron chi connectivity index (χ3n) is 5.23. The third kappa shape index (κ3) is 3.55. The van der Waals surface area contributed by atoms with Crippen LogP contribution in [0, 0.1) is 0 Å². The minimum atomic E-state index is -0.333. The molecule has 0 unspecified atom stereocenters. The number of fused-ring (bicyclic) bond motifs is 1. The van der Waals surface area contributed by atoms with Crippen molar-refractivity contribution < 1.29 is 4.79 Å². The number of aromatic nitrogens is 3. The number of carbonyl (C=O) groups is 1. The van der Waals surface area contributed by atoms with Crippen molar-refractivity contribution in [3.63, 3.8) is 0 Å². The van der Waals surface area contributed by atoms with E-state index in [9.17, 15) is 9.59 Å². The highest BCUT2D eigenvalue weighted by Gasteiger charge is 2.27. The summed E-state index contributed by atoms with van der Waals surface area (Å²) in [7, 11) is 0. The molecule has 1 aromatic carbocycles. The number of carbonyl (C=O) groups excluding carboxylic acids is 1. The van der Waals surface area contributed by atoms with Gasteiger partial charge < -0.3 is 10.2 Å². The Labute approximate surface area is 167 Å². The maximum atomic E-state index is 12.7. The average Bonchev–Trinajstić information content (AvgIpc) is 3.31. The van der Waals surface area contributed by atoms with Crippen LogP contribution in [0.4, 0.5) is 5.69 Å². The number of likely N-dealkylation sites (tertiary alicyclic amines) is 1. The monoisotopic (exact) mass is 399 g/mol. The topological polar surface area (TPSA) is 82.5 Å². The summed E-state index contributed by atoms with van der Waals surface area (Å²) in [6.45, 7) is 6.19. The number of amides is 1. The molecule has 2 aromatic heterocycles. The molecule has 0 saturated carbocycles. The van der Waals surface area contributed by atoms with Crippen molar-refractivity contribution in [3.05, 3.63) is 63.2 Å². The lowest BCUT2D eigenvalue weighted by atomic mass is 10.0. The van der Waals surface area contributed by atoms with E-state index in [2.05, 4.69) is 34.1 Å². The van der Waals surface area contributed by atoms with Gasteiger partial charge in [-0.3, -0.25) is 14.7 Å². The van der Waals surface area contributed by atoms with Crippen LogP contribution in [0.2, 0.25) is 5.02 Å². The maximum absolute atomic E-state index is 12.7. The number of halogens is 1. The third-order valence-corrected chi connectivity index (χ3v) is 5.48. The summed E-state index contributed by atoms with van der Waals surface area (Å²) >= 11 is 5.88. The first kappa shape index (κ1) is 18.7. The summed E-state index contributed by atoms with van der Waals surface area (Å²) in [5, 5.41) is 6.23. The molecule has 1 aliphatic heterocycles. The van der Waals surface area contributed by atoms with Crippen LogP contribution in [-0.4, -0.2) is 44.5 Å². The van der Waals surface area contributed by atoms with Crippen molar-refractivity contribution in [2.75, 3.05) is 18.4 Å². The van der Waals surface area contributed by atoms with E-state index in [4.69, 9.17) is 11.6 Å². The van der Waals surface area contributed by atoms with Gasteiger partial charge in [0.15, 0.2) is 5.65 Å². The van der Waals surface area contributed by atoms with Gasteiger partial charge in [0.2, 0.25) is 0 Å². The van der Waals surface area contributed by atoms with Gasteiger partial charge in [-0.1, -0.05) is 11.6 Å². The van der Waals surface area contributed by atoms with Crippen molar-refractivity contribution in [2.45, 2.75) is 32.2 Å². The van der Waals surface area contributed by atoms with E-state index in [1.165, 1.54) is 10.7 Å². The second kappa shape index (κ2) is 7.41. The lowest BCUT2D eigenvalue weighted by Gasteiger charge is -2.20. The summed E-state index contributed by atoms with van der Waals surface area (Å²) in [5.41, 5.74) is 1.82. The van der Waals surface area contributed by atoms with E-state index in [0.717, 1.165) is 25.2 Å². The van der Waals surface area contributed by atoms with Gasteiger partial charge in [-0.15, -0.1) is 0 Å². The zero-order valence-electron chi connectivity index (χ0n) is 15.8. The zero-order chi connectivity index (χ0) is 19.8. The lowest BCUT2D eigenvalue weighted by Crippen LogP contribution is -2.28. The Morgan fingerprint density at radius 2 is 2.07 bits per heavy atom. The first-order chi connectivity index (χ1) is 13.4. The fourth-order valence-electron chi connectivity index (χ4n) is 3.60. The molecule has 7 nitrogen and oxygen atoms in total. The molecule has 0 spiro atoms. The Morgan fingerprint density at radius 3 is 2.75 bits per heavy atom. The van der Waals surface area contributed by atoms with Crippen LogP contribution in [0.15, 0.2) is 41.3 Å². The number of H-pyrrole nitrogens is 1. The largest absolute Gasteiger partial charge is 0.322 e. The maximum Gasteiger partial charge on any atom is 0.272 e. The molecule has 1 saturated heterocycles. The Bertz CT molecular complexity index is 1070. The van der Waals surface area contributed by atoms with Gasteiger partial charge in [0.05, 0.1) is 5.69 Å². The molecule has 2 N–H and O–H groups in total. The molecule has 8 heteroatoms. The molecule has 146 valence electrons. The van der Waals surface area contributed by atoms with E-state index >= 15 is 0 Å². The second-order valence-corrected chi connectivity index (χ2v) is 7.84. The van der Waals surface area contributed by atoms with Gasteiger partial charge in [-0.25, -0.2) is 9.50 Å². The van der Waals surface area contributed by atoms with Crippen molar-refractivity contribution in [1.82, 2.24) is 19.5 Å². The second-order valence-electron chi connectivity index (χ2n) is 7.40. The Morgan fingerprint density at radius 1 is 1.32 bits per heavy atom. The SMILES string of the molecule is CC(C)N1CC[C@@H](c2cc(=O)n3[nH]cc(C(=O)Nc4ccc(Cl)cc4)c3n2)C1. The molecular weight excluding hydrogens is 378 g/mol. The van der Waals surface area contributed by atoms with E-state index in [1.54, 1.807) is 30.3 Å². The van der Waals surface area contributed by atoms with Gasteiger partial charge in [-0.2, -0.15) is 0 Å². The lowest BCUT2D eigenvalue weighted by molar-refractivity contribution is 0.102. The van der Waals surface area contributed by atoms with E-state index in [0.29, 0.717) is 28.0 Å². The minimum Gasteiger partial charge on any atom is -0.322 e. The minimum absolute atomic E-state index is 0.196. The number of anilines is 1. The molecule has 1 atom stereocenters. The normalized spacial score (nSPS) is 17.5. The van der Waals surface area contributed by atoms with Crippen molar-refractivity contribution in [3.8, 4) is 0 Å². The quantitative estimate of drug-likeness (QED) is 0.706. The summed E-state index contributed by atoms with van der Waals surface area (Å²) in [4.78, 5) is 32.3. The van der Waals surface area contributed by atoms with E-state index in [-0.39, 0.29) is 17.4 Å². The number of nitrogens with zero attached hydrogens (tertiary/aromatic N) is 3. The highest BCUT2D eigenvalue weighted by atomic mass is 35.5. The fourth-order valence-corrected chi connectivity index (χ4v) is 3.73. The van der Waals surface area contributed by atoms with Gasteiger partial charge in [0.1, 0.15) is 5.56 Å². The number of benzene rings is 1. The van der Waals surface area contributed by atoms with Crippen LogP contribution in [0.1, 0.15) is 42.2 Å². The predicted molar refractivity (Wildman–Crippen MR) is 109 cm³/mol. The molecular formula is C20H22ClN5O2. The summed E-state index contributed by atoms with van der Waals surface area (Å²) in [5.74, 6) is -0.137. The van der Waals surface area contributed by atoms with Crippen molar-refractivity contribution >= 4 is 28.8 Å². The zero-order valence-corrected chi connectivity index (χ0v) is 16.5. The van der Waals surface area contributed by atoms with Crippen molar-refractivity contribution in [2.24, 2.45) is 0 Å². The molecule has 4 rings (SSSR count). The van der Waals surface area contributed by atoms with E-state index < -0.39 is 0 Å². The number of hydrogen-bond donors (Lipinski definition) is 2. The molecule has 0 radical (unpaired) electrons.